The number of nitrogens with zero attached hydrogens (tertiary/aromatic N) is 1. The van der Waals surface area contributed by atoms with Gasteiger partial charge >= 0.3 is 0 Å². The predicted molar refractivity (Wildman–Crippen MR) is 77.6 cm³/mol. The maximum Gasteiger partial charge on any atom is 0.131 e. The Morgan fingerprint density at radius 1 is 1.21 bits per heavy atom. The van der Waals surface area contributed by atoms with Crippen LogP contribution in [0.4, 0.5) is 5.69 Å². The normalized spacial score (nSPS) is 38.9. The van der Waals surface area contributed by atoms with E-state index in [-0.39, 0.29) is 10.8 Å². The lowest BCUT2D eigenvalue weighted by molar-refractivity contribution is 0.118. The molecule has 19 heavy (non-hydrogen) atoms. The molecule has 1 aromatic rings. The van der Waals surface area contributed by atoms with E-state index in [1.54, 1.807) is 0 Å². The Morgan fingerprint density at radius 2 is 1.89 bits per heavy atom. The summed E-state index contributed by atoms with van der Waals surface area (Å²) < 4.78 is 0. The van der Waals surface area contributed by atoms with E-state index in [0.717, 1.165) is 18.5 Å². The van der Waals surface area contributed by atoms with Crippen LogP contribution in [-0.4, -0.2) is 5.54 Å². The van der Waals surface area contributed by atoms with Gasteiger partial charge in [0.15, 0.2) is 0 Å². The molecule has 2 aliphatic carbocycles. The quantitative estimate of drug-likeness (QED) is 0.858. The fraction of sp³-hybridized carbons (Fsp3) is 0.588. The van der Waals surface area contributed by atoms with Crippen LogP contribution in [0.1, 0.15) is 40.0 Å². The van der Waals surface area contributed by atoms with Crippen molar-refractivity contribution < 1.29 is 0 Å². The van der Waals surface area contributed by atoms with Crippen molar-refractivity contribution in [1.82, 2.24) is 0 Å². The van der Waals surface area contributed by atoms with Crippen molar-refractivity contribution in [2.45, 2.75) is 45.6 Å². The molecular weight excluding hydrogens is 232 g/mol. The molecule has 0 amide bonds. The number of benzene rings is 1. The summed E-state index contributed by atoms with van der Waals surface area (Å²) in [5, 5.41) is 13.5. The Kier molecular flexibility index (Phi) is 2.48. The van der Waals surface area contributed by atoms with Crippen LogP contribution in [0.3, 0.4) is 0 Å². The second-order valence-electron chi connectivity index (χ2n) is 7.00. The van der Waals surface area contributed by atoms with E-state index >= 15 is 0 Å². The van der Waals surface area contributed by atoms with Crippen LogP contribution >= 0.6 is 0 Å². The molecule has 0 heterocycles. The topological polar surface area (TPSA) is 35.8 Å². The third kappa shape index (κ3) is 1.42. The summed E-state index contributed by atoms with van der Waals surface area (Å²) in [4.78, 5) is 0. The Balaban J connectivity index is 2.01. The van der Waals surface area contributed by atoms with Crippen LogP contribution < -0.4 is 5.32 Å². The van der Waals surface area contributed by atoms with Gasteiger partial charge in [-0.1, -0.05) is 39.0 Å². The lowest BCUT2D eigenvalue weighted by Gasteiger charge is -2.45. The summed E-state index contributed by atoms with van der Waals surface area (Å²) in [6.45, 7) is 6.99. The molecule has 3 atom stereocenters. The van der Waals surface area contributed by atoms with Gasteiger partial charge in [-0.3, -0.25) is 0 Å². The van der Waals surface area contributed by atoms with Crippen LogP contribution in [0.5, 0.6) is 0 Å². The first kappa shape index (κ1) is 12.5. The molecule has 2 aliphatic rings. The van der Waals surface area contributed by atoms with Crippen LogP contribution in [0, 0.1) is 28.1 Å². The first-order valence-electron chi connectivity index (χ1n) is 7.20. The second-order valence-corrected chi connectivity index (χ2v) is 7.00. The van der Waals surface area contributed by atoms with Crippen molar-refractivity contribution in [3.05, 3.63) is 30.3 Å². The number of para-hydroxylation sites is 1. The zero-order chi connectivity index (χ0) is 13.7. The number of fused-ring (bicyclic) bond motifs is 2. The smallest absolute Gasteiger partial charge is 0.131 e. The summed E-state index contributed by atoms with van der Waals surface area (Å²) in [6.07, 6.45) is 3.39. The lowest BCUT2D eigenvalue weighted by Crippen LogP contribution is -2.51. The van der Waals surface area contributed by atoms with E-state index in [1.165, 1.54) is 6.42 Å². The van der Waals surface area contributed by atoms with E-state index in [1.807, 2.05) is 18.2 Å². The van der Waals surface area contributed by atoms with Crippen LogP contribution in [0.25, 0.3) is 0 Å². The van der Waals surface area contributed by atoms with Gasteiger partial charge in [0.1, 0.15) is 5.54 Å². The average Bonchev–Trinajstić information content (AvgIpc) is 2.72. The summed E-state index contributed by atoms with van der Waals surface area (Å²) in [5.74, 6) is 0.661. The molecule has 1 aromatic carbocycles. The van der Waals surface area contributed by atoms with Gasteiger partial charge in [0.25, 0.3) is 0 Å². The number of nitrogens with one attached hydrogen (secondary N) is 1. The minimum absolute atomic E-state index is 0.0509. The fourth-order valence-corrected chi connectivity index (χ4v) is 4.47. The maximum absolute atomic E-state index is 9.88. The zero-order valence-corrected chi connectivity index (χ0v) is 12.0. The Bertz CT molecular complexity index is 528. The maximum atomic E-state index is 9.88. The Hall–Kier alpha value is -1.49. The number of hydrogen-bond donors (Lipinski definition) is 1. The first-order valence-corrected chi connectivity index (χ1v) is 7.20. The highest BCUT2D eigenvalue weighted by atomic mass is 15.0. The average molecular weight is 254 g/mol. The number of hydrogen-bond acceptors (Lipinski definition) is 2. The van der Waals surface area contributed by atoms with Crippen molar-refractivity contribution in [2.75, 3.05) is 5.32 Å². The molecule has 0 radical (unpaired) electrons. The van der Waals surface area contributed by atoms with Crippen molar-refractivity contribution in [2.24, 2.45) is 16.7 Å². The monoisotopic (exact) mass is 254 g/mol. The Morgan fingerprint density at radius 3 is 2.37 bits per heavy atom. The van der Waals surface area contributed by atoms with Gasteiger partial charge in [-0.2, -0.15) is 5.26 Å². The molecule has 2 fully saturated rings. The molecule has 2 nitrogen and oxygen atoms in total. The molecule has 2 saturated carbocycles. The highest BCUT2D eigenvalue weighted by Gasteiger charge is 2.69. The lowest BCUT2D eigenvalue weighted by atomic mass is 9.63. The van der Waals surface area contributed by atoms with E-state index in [9.17, 15) is 5.26 Å². The molecule has 2 bridgehead atoms. The molecule has 0 aliphatic heterocycles. The summed E-state index contributed by atoms with van der Waals surface area (Å²) >= 11 is 0. The van der Waals surface area contributed by atoms with Gasteiger partial charge < -0.3 is 5.32 Å². The molecule has 0 aromatic heterocycles. The Labute approximate surface area is 115 Å². The molecule has 1 N–H and O–H groups in total. The number of rotatable bonds is 2. The molecule has 100 valence electrons. The largest absolute Gasteiger partial charge is 0.367 e. The minimum Gasteiger partial charge on any atom is -0.367 e. The van der Waals surface area contributed by atoms with Crippen molar-refractivity contribution >= 4 is 5.69 Å². The predicted octanol–water partition coefficient (Wildman–Crippen LogP) is 4.21. The van der Waals surface area contributed by atoms with Crippen LogP contribution in [0.15, 0.2) is 30.3 Å². The molecule has 0 spiro atoms. The van der Waals surface area contributed by atoms with Gasteiger partial charge in [-0.05, 0) is 42.7 Å². The van der Waals surface area contributed by atoms with Gasteiger partial charge in [0, 0.05) is 11.1 Å². The molecule has 0 unspecified atom stereocenters. The van der Waals surface area contributed by atoms with Gasteiger partial charge in [-0.15, -0.1) is 0 Å². The highest BCUT2D eigenvalue weighted by molar-refractivity contribution is 5.51. The summed E-state index contributed by atoms with van der Waals surface area (Å²) in [7, 11) is 0. The number of nitriles is 1. The van der Waals surface area contributed by atoms with Gasteiger partial charge in [0.05, 0.1) is 6.07 Å². The summed E-state index contributed by atoms with van der Waals surface area (Å²) in [5.41, 5.74) is 0.939. The van der Waals surface area contributed by atoms with Gasteiger partial charge in [-0.25, -0.2) is 0 Å². The van der Waals surface area contributed by atoms with E-state index in [2.05, 4.69) is 44.3 Å². The van der Waals surface area contributed by atoms with Crippen LogP contribution in [-0.2, 0) is 0 Å². The fourth-order valence-electron chi connectivity index (χ4n) is 4.47. The zero-order valence-electron chi connectivity index (χ0n) is 12.0. The molecule has 0 saturated heterocycles. The van der Waals surface area contributed by atoms with E-state index < -0.39 is 5.54 Å². The van der Waals surface area contributed by atoms with Crippen molar-refractivity contribution in [3.8, 4) is 6.07 Å². The van der Waals surface area contributed by atoms with Crippen molar-refractivity contribution in [3.63, 3.8) is 0 Å². The third-order valence-corrected chi connectivity index (χ3v) is 6.25. The second kappa shape index (κ2) is 3.76. The van der Waals surface area contributed by atoms with Gasteiger partial charge in [0.2, 0.25) is 0 Å². The molecule has 2 heteroatoms. The first-order chi connectivity index (χ1) is 8.95. The number of anilines is 1. The minimum atomic E-state index is -0.416. The van der Waals surface area contributed by atoms with E-state index in [4.69, 9.17) is 0 Å². The standard InChI is InChI=1S/C17H22N2/c1-15(2)13-9-10-16(15,3)17(11-13,12-18)19-14-7-5-4-6-8-14/h4-8,13,19H,9-11H2,1-3H3/t13-,16+,17+/m0/s1. The molecule has 3 rings (SSSR count). The summed E-state index contributed by atoms with van der Waals surface area (Å²) in [6, 6.07) is 12.8. The SMILES string of the molecule is CC1(C)[C@H]2CC[C@@]1(C)[C@@](C#N)(Nc1ccccc1)C2. The van der Waals surface area contributed by atoms with Crippen molar-refractivity contribution in [1.29, 1.82) is 5.26 Å². The molecular formula is C17H22N2. The van der Waals surface area contributed by atoms with E-state index in [0.29, 0.717) is 5.92 Å². The highest BCUT2D eigenvalue weighted by Crippen LogP contribution is 2.70. The van der Waals surface area contributed by atoms with Crippen LogP contribution in [0.2, 0.25) is 0 Å². The third-order valence-electron chi connectivity index (χ3n) is 6.25.